The maximum Gasteiger partial charge on any atom is 0.242 e. The maximum absolute atomic E-state index is 12.1. The molecule has 3 N–H and O–H groups in total. The minimum absolute atomic E-state index is 0.00679. The number of benzene rings is 1. The van der Waals surface area contributed by atoms with Gasteiger partial charge in [0.05, 0.1) is 13.2 Å². The third-order valence-electron chi connectivity index (χ3n) is 3.35. The van der Waals surface area contributed by atoms with E-state index in [1.54, 1.807) is 7.11 Å². The molecule has 1 aromatic carbocycles. The van der Waals surface area contributed by atoms with Crippen molar-refractivity contribution >= 4 is 11.6 Å². The zero-order valence-corrected chi connectivity index (χ0v) is 11.6. The first-order chi connectivity index (χ1) is 9.10. The summed E-state index contributed by atoms with van der Waals surface area (Å²) < 4.78 is 5.15. The summed E-state index contributed by atoms with van der Waals surface area (Å²) in [6, 6.07) is 5.84. The first-order valence-electron chi connectivity index (χ1n) is 6.52. The van der Waals surface area contributed by atoms with Crippen molar-refractivity contribution in [2.24, 2.45) is 0 Å². The smallest absolute Gasteiger partial charge is 0.242 e. The van der Waals surface area contributed by atoms with Gasteiger partial charge in [0.2, 0.25) is 5.91 Å². The van der Waals surface area contributed by atoms with Gasteiger partial charge in [-0.2, -0.15) is 0 Å². The van der Waals surface area contributed by atoms with Crippen LogP contribution in [0, 0.1) is 6.92 Å². The molecule has 1 aliphatic heterocycles. The van der Waals surface area contributed by atoms with Gasteiger partial charge >= 0.3 is 0 Å². The number of nitrogens with one attached hydrogen (secondary N) is 3. The van der Waals surface area contributed by atoms with Crippen LogP contribution < -0.4 is 20.7 Å². The molecule has 1 heterocycles. The molecule has 1 saturated heterocycles. The van der Waals surface area contributed by atoms with Gasteiger partial charge in [-0.3, -0.25) is 4.79 Å². The summed E-state index contributed by atoms with van der Waals surface area (Å²) in [5.41, 5.74) is 1.82. The van der Waals surface area contributed by atoms with Crippen molar-refractivity contribution in [1.29, 1.82) is 0 Å². The summed E-state index contributed by atoms with van der Waals surface area (Å²) in [7, 11) is 1.63. The van der Waals surface area contributed by atoms with Crippen molar-refractivity contribution in [3.05, 3.63) is 23.8 Å². The fraction of sp³-hybridized carbons (Fsp3) is 0.500. The van der Waals surface area contributed by atoms with Gasteiger partial charge in [0, 0.05) is 24.8 Å². The van der Waals surface area contributed by atoms with Gasteiger partial charge < -0.3 is 20.7 Å². The van der Waals surface area contributed by atoms with Crippen molar-refractivity contribution in [2.75, 3.05) is 25.5 Å². The number of amides is 1. The molecule has 1 amide bonds. The lowest BCUT2D eigenvalue weighted by atomic mass is 10.1. The van der Waals surface area contributed by atoms with Crippen molar-refractivity contribution in [3.63, 3.8) is 0 Å². The number of rotatable bonds is 3. The number of ether oxygens (including phenoxy) is 1. The molecule has 1 aliphatic rings. The average Bonchev–Trinajstić information content (AvgIpc) is 2.41. The van der Waals surface area contributed by atoms with E-state index in [1.807, 2.05) is 25.1 Å². The minimum atomic E-state index is -0.183. The number of aryl methyl sites for hydroxylation is 1. The Morgan fingerprint density at radius 1 is 1.37 bits per heavy atom. The number of carbonyl (C=O) groups is 1. The topological polar surface area (TPSA) is 62.4 Å². The van der Waals surface area contributed by atoms with Crippen LogP contribution in [0.5, 0.6) is 5.75 Å². The van der Waals surface area contributed by atoms with E-state index >= 15 is 0 Å². The molecule has 0 saturated carbocycles. The fourth-order valence-electron chi connectivity index (χ4n) is 2.09. The molecule has 5 heteroatoms. The van der Waals surface area contributed by atoms with Crippen molar-refractivity contribution in [1.82, 2.24) is 10.6 Å². The second-order valence-corrected chi connectivity index (χ2v) is 4.94. The van der Waals surface area contributed by atoms with Crippen LogP contribution in [0.15, 0.2) is 18.2 Å². The molecular formula is C14H21N3O2. The molecule has 104 valence electrons. The molecule has 0 aliphatic carbocycles. The summed E-state index contributed by atoms with van der Waals surface area (Å²) in [6.07, 6.45) is 0. The largest absolute Gasteiger partial charge is 0.497 e. The number of methoxy groups -OCH3 is 1. The predicted molar refractivity (Wildman–Crippen MR) is 75.6 cm³/mol. The van der Waals surface area contributed by atoms with Gasteiger partial charge in [-0.15, -0.1) is 0 Å². The Kier molecular flexibility index (Phi) is 4.39. The van der Waals surface area contributed by atoms with Gasteiger partial charge in [-0.05, 0) is 37.6 Å². The Hall–Kier alpha value is -1.59. The van der Waals surface area contributed by atoms with E-state index in [0.29, 0.717) is 12.6 Å². The highest BCUT2D eigenvalue weighted by atomic mass is 16.5. The van der Waals surface area contributed by atoms with Crippen LogP contribution >= 0.6 is 0 Å². The molecule has 1 fully saturated rings. The summed E-state index contributed by atoms with van der Waals surface area (Å²) in [6.45, 7) is 5.50. The van der Waals surface area contributed by atoms with Crippen LogP contribution in [0.4, 0.5) is 5.69 Å². The number of hydrogen-bond acceptors (Lipinski definition) is 4. The number of piperazine rings is 1. The third-order valence-corrected chi connectivity index (χ3v) is 3.35. The van der Waals surface area contributed by atoms with Crippen LogP contribution in [-0.2, 0) is 4.79 Å². The first kappa shape index (κ1) is 13.8. The lowest BCUT2D eigenvalue weighted by Gasteiger charge is -2.28. The molecule has 0 spiro atoms. The Bertz CT molecular complexity index is 454. The normalized spacial score (nSPS) is 22.9. The molecule has 1 aromatic rings. The van der Waals surface area contributed by atoms with Crippen molar-refractivity contribution < 1.29 is 9.53 Å². The van der Waals surface area contributed by atoms with Gasteiger partial charge in [0.15, 0.2) is 0 Å². The fourth-order valence-corrected chi connectivity index (χ4v) is 2.09. The number of carbonyl (C=O) groups excluding carboxylic acids is 1. The molecule has 0 bridgehead atoms. The van der Waals surface area contributed by atoms with Crippen LogP contribution in [0.2, 0.25) is 0 Å². The first-order valence-corrected chi connectivity index (χ1v) is 6.52. The van der Waals surface area contributed by atoms with E-state index < -0.39 is 0 Å². The van der Waals surface area contributed by atoms with Crippen LogP contribution in [0.1, 0.15) is 12.5 Å². The van der Waals surface area contributed by atoms with E-state index in [0.717, 1.165) is 23.5 Å². The predicted octanol–water partition coefficient (Wildman–Crippen LogP) is 0.892. The van der Waals surface area contributed by atoms with Gasteiger partial charge in [0.25, 0.3) is 0 Å². The molecule has 2 rings (SSSR count). The number of hydrogen-bond donors (Lipinski definition) is 3. The standard InChI is InChI=1S/C14H21N3O2/c1-9-6-11(19-3)4-5-12(9)17-14(18)13-8-15-10(2)7-16-13/h4-6,10,13,15-16H,7-8H2,1-3H3,(H,17,18). The van der Waals surface area contributed by atoms with Crippen molar-refractivity contribution in [2.45, 2.75) is 25.9 Å². The van der Waals surface area contributed by atoms with Crippen molar-refractivity contribution in [3.8, 4) is 5.75 Å². The third kappa shape index (κ3) is 3.45. The molecule has 5 nitrogen and oxygen atoms in total. The highest BCUT2D eigenvalue weighted by molar-refractivity contribution is 5.95. The molecule has 2 atom stereocenters. The van der Waals surface area contributed by atoms with Gasteiger partial charge in [0.1, 0.15) is 5.75 Å². The van der Waals surface area contributed by atoms with Crippen LogP contribution in [0.3, 0.4) is 0 Å². The van der Waals surface area contributed by atoms with Crippen LogP contribution in [0.25, 0.3) is 0 Å². The maximum atomic E-state index is 12.1. The SMILES string of the molecule is COc1ccc(NC(=O)C2CNC(C)CN2)c(C)c1. The Morgan fingerprint density at radius 3 is 2.74 bits per heavy atom. The summed E-state index contributed by atoms with van der Waals surface area (Å²) in [5.74, 6) is 0.787. The second-order valence-electron chi connectivity index (χ2n) is 4.94. The van der Waals surface area contributed by atoms with Gasteiger partial charge in [-0.1, -0.05) is 0 Å². The zero-order valence-electron chi connectivity index (χ0n) is 11.6. The Balaban J connectivity index is 1.99. The molecule has 0 radical (unpaired) electrons. The molecule has 0 aromatic heterocycles. The lowest BCUT2D eigenvalue weighted by molar-refractivity contribution is -0.118. The lowest BCUT2D eigenvalue weighted by Crippen LogP contribution is -2.57. The van der Waals surface area contributed by atoms with E-state index in [9.17, 15) is 4.79 Å². The molecular weight excluding hydrogens is 242 g/mol. The van der Waals surface area contributed by atoms with Crippen LogP contribution in [-0.4, -0.2) is 38.2 Å². The van der Waals surface area contributed by atoms with E-state index in [4.69, 9.17) is 4.74 Å². The highest BCUT2D eigenvalue weighted by Gasteiger charge is 2.23. The van der Waals surface area contributed by atoms with E-state index in [1.165, 1.54) is 0 Å². The van der Waals surface area contributed by atoms with E-state index in [2.05, 4.69) is 22.9 Å². The Morgan fingerprint density at radius 2 is 2.16 bits per heavy atom. The van der Waals surface area contributed by atoms with E-state index in [-0.39, 0.29) is 11.9 Å². The second kappa shape index (κ2) is 6.04. The monoisotopic (exact) mass is 263 g/mol. The van der Waals surface area contributed by atoms with Gasteiger partial charge in [-0.25, -0.2) is 0 Å². The minimum Gasteiger partial charge on any atom is -0.497 e. The number of anilines is 1. The summed E-state index contributed by atoms with van der Waals surface area (Å²) in [5, 5.41) is 9.47. The summed E-state index contributed by atoms with van der Waals surface area (Å²) >= 11 is 0. The quantitative estimate of drug-likeness (QED) is 0.758. The summed E-state index contributed by atoms with van der Waals surface area (Å²) in [4.78, 5) is 12.1. The Labute approximate surface area is 113 Å². The molecule has 2 unspecified atom stereocenters. The molecule has 19 heavy (non-hydrogen) atoms. The zero-order chi connectivity index (χ0) is 13.8. The average molecular weight is 263 g/mol. The highest BCUT2D eigenvalue weighted by Crippen LogP contribution is 2.21.